The summed E-state index contributed by atoms with van der Waals surface area (Å²) in [5.74, 6) is -0.570. The van der Waals surface area contributed by atoms with Gasteiger partial charge in [-0.05, 0) is 71.8 Å². The molecule has 4 aromatic rings. The molecule has 258 valence electrons. The standard InChI is InChI=1S/C39H43Cl2N3O4S/c1-28(2)31-19-21-33(22-20-31)44(49(47,48)34-16-10-5-11-17-34)27-38(45)43(26-30-18-23-35(40)36(41)24-30)37(25-29-12-6-3-7-13-29)39(46)42-32-14-8-4-9-15-32/h3,5-7,10-13,16-24,28,32,37H,4,8-9,14-15,25-27H2,1-2H3,(H,42,46). The van der Waals surface area contributed by atoms with Crippen LogP contribution in [-0.2, 0) is 32.6 Å². The first-order chi connectivity index (χ1) is 23.5. The van der Waals surface area contributed by atoms with Gasteiger partial charge in [0.15, 0.2) is 0 Å². The molecule has 1 saturated carbocycles. The molecule has 7 nitrogen and oxygen atoms in total. The summed E-state index contributed by atoms with van der Waals surface area (Å²) in [5.41, 5.74) is 2.92. The Morgan fingerprint density at radius 3 is 2.04 bits per heavy atom. The van der Waals surface area contributed by atoms with Gasteiger partial charge < -0.3 is 10.2 Å². The van der Waals surface area contributed by atoms with E-state index in [-0.39, 0.29) is 35.7 Å². The fourth-order valence-electron chi connectivity index (χ4n) is 6.21. The van der Waals surface area contributed by atoms with E-state index in [1.165, 1.54) is 17.0 Å². The van der Waals surface area contributed by atoms with Crippen molar-refractivity contribution in [1.82, 2.24) is 10.2 Å². The highest BCUT2D eigenvalue weighted by molar-refractivity contribution is 7.92. The van der Waals surface area contributed by atoms with Crippen molar-refractivity contribution in [2.75, 3.05) is 10.8 Å². The number of hydrogen-bond donors (Lipinski definition) is 1. The molecule has 10 heteroatoms. The van der Waals surface area contributed by atoms with E-state index in [0.717, 1.165) is 47.5 Å². The lowest BCUT2D eigenvalue weighted by Crippen LogP contribution is -2.55. The van der Waals surface area contributed by atoms with Crippen LogP contribution in [0.4, 0.5) is 5.69 Å². The predicted octanol–water partition coefficient (Wildman–Crippen LogP) is 8.40. The Balaban J connectivity index is 1.57. The predicted molar refractivity (Wildman–Crippen MR) is 197 cm³/mol. The minimum absolute atomic E-state index is 0.0101. The molecule has 1 N–H and O–H groups in total. The largest absolute Gasteiger partial charge is 0.352 e. The summed E-state index contributed by atoms with van der Waals surface area (Å²) in [6.07, 6.45) is 5.18. The van der Waals surface area contributed by atoms with Crippen molar-refractivity contribution < 1.29 is 18.0 Å². The Labute approximate surface area is 300 Å². The average Bonchev–Trinajstić information content (AvgIpc) is 3.11. The number of halogens is 2. The summed E-state index contributed by atoms with van der Waals surface area (Å²) in [7, 11) is -4.18. The van der Waals surface area contributed by atoms with Crippen LogP contribution in [0.3, 0.4) is 0 Å². The Morgan fingerprint density at radius 1 is 0.796 bits per heavy atom. The van der Waals surface area contributed by atoms with E-state index in [4.69, 9.17) is 23.2 Å². The van der Waals surface area contributed by atoms with E-state index < -0.39 is 28.5 Å². The number of carbonyl (C=O) groups excluding carboxylic acids is 2. The molecule has 5 rings (SSSR count). The van der Waals surface area contributed by atoms with Crippen molar-refractivity contribution in [3.63, 3.8) is 0 Å². The molecule has 0 aromatic heterocycles. The van der Waals surface area contributed by atoms with Gasteiger partial charge in [-0.25, -0.2) is 8.42 Å². The smallest absolute Gasteiger partial charge is 0.264 e. The van der Waals surface area contributed by atoms with Gasteiger partial charge in [-0.2, -0.15) is 0 Å². The van der Waals surface area contributed by atoms with Crippen molar-refractivity contribution in [3.8, 4) is 0 Å². The van der Waals surface area contributed by atoms with Crippen molar-refractivity contribution in [1.29, 1.82) is 0 Å². The minimum Gasteiger partial charge on any atom is -0.352 e. The normalized spacial score (nSPS) is 14.3. The van der Waals surface area contributed by atoms with Crippen LogP contribution in [0, 0.1) is 0 Å². The summed E-state index contributed by atoms with van der Waals surface area (Å²) in [6, 6.07) is 29.0. The molecule has 1 atom stereocenters. The molecule has 1 aliphatic rings. The van der Waals surface area contributed by atoms with Crippen molar-refractivity contribution in [2.24, 2.45) is 0 Å². The van der Waals surface area contributed by atoms with E-state index >= 15 is 0 Å². The number of nitrogens with one attached hydrogen (secondary N) is 1. The number of hydrogen-bond acceptors (Lipinski definition) is 4. The number of nitrogens with zero attached hydrogens (tertiary/aromatic N) is 2. The number of carbonyl (C=O) groups is 2. The van der Waals surface area contributed by atoms with Crippen LogP contribution >= 0.6 is 23.2 Å². The fraction of sp³-hybridized carbons (Fsp3) is 0.333. The third-order valence-electron chi connectivity index (χ3n) is 9.02. The van der Waals surface area contributed by atoms with Gasteiger partial charge in [-0.1, -0.05) is 123 Å². The number of sulfonamides is 1. The van der Waals surface area contributed by atoms with Crippen LogP contribution in [0.2, 0.25) is 10.0 Å². The van der Waals surface area contributed by atoms with Gasteiger partial charge in [-0.3, -0.25) is 13.9 Å². The van der Waals surface area contributed by atoms with Gasteiger partial charge in [-0.15, -0.1) is 0 Å². The first-order valence-corrected chi connectivity index (χ1v) is 19.0. The zero-order valence-electron chi connectivity index (χ0n) is 27.9. The zero-order valence-corrected chi connectivity index (χ0v) is 30.2. The van der Waals surface area contributed by atoms with E-state index in [1.54, 1.807) is 48.5 Å². The van der Waals surface area contributed by atoms with Crippen LogP contribution in [-0.4, -0.2) is 43.8 Å². The monoisotopic (exact) mass is 719 g/mol. The fourth-order valence-corrected chi connectivity index (χ4v) is 7.96. The molecule has 1 aliphatic carbocycles. The second kappa shape index (κ2) is 16.7. The second-order valence-electron chi connectivity index (χ2n) is 12.9. The van der Waals surface area contributed by atoms with Crippen molar-refractivity contribution in [2.45, 2.75) is 81.8 Å². The maximum atomic E-state index is 14.7. The Hall–Kier alpha value is -3.85. The molecule has 49 heavy (non-hydrogen) atoms. The lowest BCUT2D eigenvalue weighted by Gasteiger charge is -2.35. The lowest BCUT2D eigenvalue weighted by molar-refractivity contribution is -0.140. The SMILES string of the molecule is CC(C)c1ccc(N(CC(=O)N(Cc2ccc(Cl)c(Cl)c2)C(Cc2ccccc2)C(=O)NC2CCCCC2)S(=O)(=O)c2ccccc2)cc1. The average molecular weight is 721 g/mol. The number of amides is 2. The molecular weight excluding hydrogens is 677 g/mol. The maximum Gasteiger partial charge on any atom is 0.264 e. The third-order valence-corrected chi connectivity index (χ3v) is 11.5. The number of benzene rings is 4. The first kappa shape index (κ1) is 36.4. The zero-order chi connectivity index (χ0) is 35.0. The molecule has 0 radical (unpaired) electrons. The topological polar surface area (TPSA) is 86.8 Å². The Bertz CT molecular complexity index is 1810. The van der Waals surface area contributed by atoms with Gasteiger partial charge in [0.25, 0.3) is 10.0 Å². The van der Waals surface area contributed by atoms with Crippen LogP contribution in [0.15, 0.2) is 108 Å². The first-order valence-electron chi connectivity index (χ1n) is 16.8. The van der Waals surface area contributed by atoms with Crippen molar-refractivity contribution >= 4 is 50.7 Å². The quantitative estimate of drug-likeness (QED) is 0.150. The maximum absolute atomic E-state index is 14.7. The van der Waals surface area contributed by atoms with Crippen LogP contribution in [0.25, 0.3) is 0 Å². The van der Waals surface area contributed by atoms with Crippen molar-refractivity contribution in [3.05, 3.63) is 130 Å². The Kier molecular flexibility index (Phi) is 12.4. The summed E-state index contributed by atoms with van der Waals surface area (Å²) in [4.78, 5) is 30.6. The molecule has 1 unspecified atom stereocenters. The Morgan fingerprint density at radius 2 is 1.43 bits per heavy atom. The molecular formula is C39H43Cl2N3O4S. The summed E-state index contributed by atoms with van der Waals surface area (Å²) in [5, 5.41) is 3.91. The van der Waals surface area contributed by atoms with E-state index in [9.17, 15) is 18.0 Å². The molecule has 0 aliphatic heterocycles. The highest BCUT2D eigenvalue weighted by atomic mass is 35.5. The van der Waals surface area contributed by atoms with Gasteiger partial charge in [0.1, 0.15) is 12.6 Å². The molecule has 0 saturated heterocycles. The summed E-state index contributed by atoms with van der Waals surface area (Å²) >= 11 is 12.6. The van der Waals surface area contributed by atoms with Gasteiger partial charge in [0.05, 0.1) is 20.6 Å². The number of anilines is 1. The molecule has 0 heterocycles. The van der Waals surface area contributed by atoms with Gasteiger partial charge in [0.2, 0.25) is 11.8 Å². The lowest BCUT2D eigenvalue weighted by atomic mass is 9.94. The third kappa shape index (κ3) is 9.44. The minimum atomic E-state index is -4.18. The van der Waals surface area contributed by atoms with E-state index in [2.05, 4.69) is 19.2 Å². The van der Waals surface area contributed by atoms with Crippen LogP contribution in [0.5, 0.6) is 0 Å². The highest BCUT2D eigenvalue weighted by Crippen LogP contribution is 2.28. The van der Waals surface area contributed by atoms with Gasteiger partial charge in [0, 0.05) is 19.0 Å². The number of rotatable bonds is 13. The second-order valence-corrected chi connectivity index (χ2v) is 15.6. The molecule has 0 bridgehead atoms. The summed E-state index contributed by atoms with van der Waals surface area (Å²) in [6.45, 7) is 3.60. The summed E-state index contributed by atoms with van der Waals surface area (Å²) < 4.78 is 29.6. The van der Waals surface area contributed by atoms with E-state index in [0.29, 0.717) is 21.3 Å². The van der Waals surface area contributed by atoms with E-state index in [1.807, 2.05) is 42.5 Å². The van der Waals surface area contributed by atoms with Gasteiger partial charge >= 0.3 is 0 Å². The highest BCUT2D eigenvalue weighted by Gasteiger charge is 2.35. The molecule has 1 fully saturated rings. The van der Waals surface area contributed by atoms with Crippen LogP contribution in [0.1, 0.15) is 68.6 Å². The molecule has 2 amide bonds. The van der Waals surface area contributed by atoms with Crippen LogP contribution < -0.4 is 9.62 Å². The molecule has 0 spiro atoms. The molecule has 4 aromatic carbocycles.